The first kappa shape index (κ1) is 16.0. The predicted octanol–water partition coefficient (Wildman–Crippen LogP) is 3.90. The van der Waals surface area contributed by atoms with Gasteiger partial charge in [0.25, 0.3) is 0 Å². The van der Waals surface area contributed by atoms with Gasteiger partial charge in [0.15, 0.2) is 0 Å². The van der Waals surface area contributed by atoms with Gasteiger partial charge in [-0.25, -0.2) is 0 Å². The number of hydrogen-bond acceptors (Lipinski definition) is 3. The van der Waals surface area contributed by atoms with Crippen LogP contribution in [0.15, 0.2) is 16.6 Å². The first-order valence-electron chi connectivity index (χ1n) is 5.91. The van der Waals surface area contributed by atoms with Crippen LogP contribution in [-0.2, 0) is 20.9 Å². The Balaban J connectivity index is 2.95. The molecule has 0 atom stereocenters. The number of nitrogens with one attached hydrogen (secondary N) is 1. The van der Waals surface area contributed by atoms with E-state index in [1.54, 1.807) is 26.0 Å². The molecule has 0 aliphatic carbocycles. The molecule has 104 valence electrons. The molecule has 0 aliphatic rings. The number of halogens is 2. The quantitative estimate of drug-likeness (QED) is 0.821. The highest BCUT2D eigenvalue weighted by molar-refractivity contribution is 9.10. The van der Waals surface area contributed by atoms with Crippen molar-refractivity contribution in [2.24, 2.45) is 0 Å². The van der Waals surface area contributed by atoms with E-state index in [4.69, 9.17) is 16.3 Å². The minimum atomic E-state index is -0.293. The molecule has 0 bridgehead atoms. The molecular weight excluding hydrogens is 334 g/mol. The Labute approximate surface area is 125 Å². The second-order valence-electron chi connectivity index (χ2n) is 3.84. The zero-order valence-corrected chi connectivity index (χ0v) is 13.1. The summed E-state index contributed by atoms with van der Waals surface area (Å²) < 4.78 is 5.76. The van der Waals surface area contributed by atoms with Crippen molar-refractivity contribution in [1.29, 1.82) is 0 Å². The van der Waals surface area contributed by atoms with Gasteiger partial charge in [0.05, 0.1) is 5.02 Å². The van der Waals surface area contributed by atoms with Gasteiger partial charge in [0.2, 0.25) is 5.91 Å². The minimum Gasteiger partial charge on any atom is -0.461 e. The fraction of sp³-hybridized carbons (Fsp3) is 0.385. The van der Waals surface area contributed by atoms with Crippen LogP contribution in [0.3, 0.4) is 0 Å². The molecule has 0 spiro atoms. The van der Waals surface area contributed by atoms with Crippen LogP contribution in [0.25, 0.3) is 0 Å². The Morgan fingerprint density at radius 3 is 2.58 bits per heavy atom. The topological polar surface area (TPSA) is 55.4 Å². The summed E-state index contributed by atoms with van der Waals surface area (Å²) in [5.74, 6) is -0.416. The Bertz CT molecular complexity index is 491. The van der Waals surface area contributed by atoms with E-state index >= 15 is 0 Å². The molecule has 1 N–H and O–H groups in total. The van der Waals surface area contributed by atoms with E-state index in [1.165, 1.54) is 0 Å². The Kier molecular flexibility index (Phi) is 6.31. The fourth-order valence-electron chi connectivity index (χ4n) is 1.32. The molecule has 6 heteroatoms. The molecule has 0 fully saturated rings. The van der Waals surface area contributed by atoms with E-state index in [9.17, 15) is 9.59 Å². The summed E-state index contributed by atoms with van der Waals surface area (Å²) >= 11 is 9.30. The highest BCUT2D eigenvalue weighted by atomic mass is 79.9. The molecule has 0 aromatic heterocycles. The van der Waals surface area contributed by atoms with E-state index in [1.807, 2.05) is 0 Å². The molecule has 1 amide bonds. The Morgan fingerprint density at radius 1 is 1.32 bits per heavy atom. The van der Waals surface area contributed by atoms with Gasteiger partial charge in [-0.15, -0.1) is 0 Å². The lowest BCUT2D eigenvalue weighted by Gasteiger charge is -2.12. The van der Waals surface area contributed by atoms with Crippen molar-refractivity contribution < 1.29 is 14.3 Å². The van der Waals surface area contributed by atoms with Gasteiger partial charge in [0.1, 0.15) is 6.61 Å². The number of carbonyl (C=O) groups is 2. The number of benzene rings is 1. The molecule has 0 radical (unpaired) electrons. The Hall–Kier alpha value is -1.07. The van der Waals surface area contributed by atoms with Gasteiger partial charge < -0.3 is 10.1 Å². The first-order chi connectivity index (χ1) is 8.97. The number of carbonyl (C=O) groups excluding carboxylic acids is 2. The molecule has 1 rings (SSSR count). The molecule has 19 heavy (non-hydrogen) atoms. The fourth-order valence-corrected chi connectivity index (χ4v) is 1.88. The SMILES string of the molecule is CCC(=O)Nc1cc(Cl)c(Br)cc1COC(=O)CC. The number of rotatable bonds is 5. The van der Waals surface area contributed by atoms with Crippen LogP contribution >= 0.6 is 27.5 Å². The zero-order valence-electron chi connectivity index (χ0n) is 10.8. The molecule has 0 unspecified atom stereocenters. The van der Waals surface area contributed by atoms with Crippen LogP contribution in [0.2, 0.25) is 5.02 Å². The van der Waals surface area contributed by atoms with Crippen molar-refractivity contribution in [3.63, 3.8) is 0 Å². The van der Waals surface area contributed by atoms with Gasteiger partial charge in [-0.05, 0) is 28.1 Å². The molecule has 4 nitrogen and oxygen atoms in total. The van der Waals surface area contributed by atoms with Crippen molar-refractivity contribution in [2.45, 2.75) is 33.3 Å². The minimum absolute atomic E-state index is 0.0990. The molecular formula is C13H15BrClNO3. The highest BCUT2D eigenvalue weighted by Crippen LogP contribution is 2.30. The number of ether oxygens (including phenoxy) is 1. The third-order valence-corrected chi connectivity index (χ3v) is 3.62. The summed E-state index contributed by atoms with van der Waals surface area (Å²) in [6, 6.07) is 3.37. The maximum atomic E-state index is 11.5. The van der Waals surface area contributed by atoms with Crippen LogP contribution in [0.4, 0.5) is 5.69 Å². The molecule has 0 heterocycles. The summed E-state index contributed by atoms with van der Waals surface area (Å²) in [6.45, 7) is 3.58. The summed E-state index contributed by atoms with van der Waals surface area (Å²) in [4.78, 5) is 22.6. The van der Waals surface area contributed by atoms with Gasteiger partial charge in [-0.1, -0.05) is 25.4 Å². The average molecular weight is 349 g/mol. The van der Waals surface area contributed by atoms with E-state index in [0.717, 1.165) is 0 Å². The lowest BCUT2D eigenvalue weighted by atomic mass is 10.2. The van der Waals surface area contributed by atoms with Gasteiger partial charge >= 0.3 is 5.97 Å². The predicted molar refractivity (Wildman–Crippen MR) is 78.2 cm³/mol. The van der Waals surface area contributed by atoms with Crippen LogP contribution in [0.1, 0.15) is 32.3 Å². The number of anilines is 1. The summed E-state index contributed by atoms with van der Waals surface area (Å²) in [7, 11) is 0. The van der Waals surface area contributed by atoms with E-state index in [-0.39, 0.29) is 18.5 Å². The summed E-state index contributed by atoms with van der Waals surface area (Å²) in [5, 5.41) is 3.22. The van der Waals surface area contributed by atoms with Gasteiger partial charge in [0, 0.05) is 28.6 Å². The number of esters is 1. The second-order valence-corrected chi connectivity index (χ2v) is 5.10. The lowest BCUT2D eigenvalue weighted by molar-refractivity contribution is -0.144. The average Bonchev–Trinajstić information content (AvgIpc) is 2.40. The Morgan fingerprint density at radius 2 is 2.00 bits per heavy atom. The van der Waals surface area contributed by atoms with Gasteiger partial charge in [-0.3, -0.25) is 9.59 Å². The lowest BCUT2D eigenvalue weighted by Crippen LogP contribution is -2.12. The highest BCUT2D eigenvalue weighted by Gasteiger charge is 2.11. The third kappa shape index (κ3) is 4.84. The van der Waals surface area contributed by atoms with Crippen LogP contribution in [-0.4, -0.2) is 11.9 Å². The molecule has 1 aromatic carbocycles. The summed E-state index contributed by atoms with van der Waals surface area (Å²) in [5.41, 5.74) is 1.25. The zero-order chi connectivity index (χ0) is 14.4. The molecule has 0 saturated heterocycles. The normalized spacial score (nSPS) is 10.1. The van der Waals surface area contributed by atoms with E-state index < -0.39 is 0 Å². The van der Waals surface area contributed by atoms with Crippen molar-refractivity contribution in [1.82, 2.24) is 0 Å². The smallest absolute Gasteiger partial charge is 0.305 e. The van der Waals surface area contributed by atoms with Crippen molar-refractivity contribution >= 4 is 45.1 Å². The van der Waals surface area contributed by atoms with Crippen molar-refractivity contribution in [3.05, 3.63) is 27.2 Å². The summed E-state index contributed by atoms with van der Waals surface area (Å²) in [6.07, 6.45) is 0.674. The van der Waals surface area contributed by atoms with Gasteiger partial charge in [-0.2, -0.15) is 0 Å². The standard InChI is InChI=1S/C13H15BrClNO3/c1-3-12(17)16-11-6-10(15)9(14)5-8(11)7-19-13(18)4-2/h5-6H,3-4,7H2,1-2H3,(H,16,17). The van der Waals surface area contributed by atoms with Crippen molar-refractivity contribution in [2.75, 3.05) is 5.32 Å². The number of hydrogen-bond donors (Lipinski definition) is 1. The second kappa shape index (κ2) is 7.50. The number of amides is 1. The van der Waals surface area contributed by atoms with E-state index in [2.05, 4.69) is 21.2 Å². The van der Waals surface area contributed by atoms with Crippen LogP contribution in [0, 0.1) is 0 Å². The molecule has 1 aromatic rings. The monoisotopic (exact) mass is 347 g/mol. The van der Waals surface area contributed by atoms with Crippen molar-refractivity contribution in [3.8, 4) is 0 Å². The maximum absolute atomic E-state index is 11.5. The van der Waals surface area contributed by atoms with Crippen LogP contribution in [0.5, 0.6) is 0 Å². The molecule has 0 saturated carbocycles. The van der Waals surface area contributed by atoms with Crippen LogP contribution < -0.4 is 5.32 Å². The maximum Gasteiger partial charge on any atom is 0.305 e. The van der Waals surface area contributed by atoms with E-state index in [0.29, 0.717) is 33.6 Å². The largest absolute Gasteiger partial charge is 0.461 e. The first-order valence-corrected chi connectivity index (χ1v) is 7.08. The third-order valence-electron chi connectivity index (χ3n) is 2.42. The molecule has 0 aliphatic heterocycles.